The lowest BCUT2D eigenvalue weighted by Crippen LogP contribution is -2.36. The van der Waals surface area contributed by atoms with E-state index in [1.54, 1.807) is 12.1 Å². The average molecular weight is 228 g/mol. The van der Waals surface area contributed by atoms with Crippen molar-refractivity contribution < 1.29 is 9.50 Å². The van der Waals surface area contributed by atoms with Crippen molar-refractivity contribution in [3.8, 4) is 0 Å². The minimum absolute atomic E-state index is 0.0400. The zero-order valence-corrected chi connectivity index (χ0v) is 8.98. The van der Waals surface area contributed by atoms with Gasteiger partial charge in [0.1, 0.15) is 5.82 Å². The zero-order valence-electron chi connectivity index (χ0n) is 8.16. The van der Waals surface area contributed by atoms with E-state index in [-0.39, 0.29) is 12.4 Å². The molecule has 1 aromatic carbocycles. The molecule has 1 aromatic rings. The monoisotopic (exact) mass is 228 g/mol. The molecule has 0 spiro atoms. The Morgan fingerprint density at radius 3 is 2.53 bits per heavy atom. The maximum absolute atomic E-state index is 12.6. The van der Waals surface area contributed by atoms with Gasteiger partial charge >= 0.3 is 0 Å². The highest BCUT2D eigenvalue weighted by Crippen LogP contribution is 2.01. The zero-order chi connectivity index (χ0) is 11.1. The molecule has 0 aliphatic rings. The molecule has 0 atom stereocenters. The van der Waals surface area contributed by atoms with Crippen molar-refractivity contribution in [2.24, 2.45) is 0 Å². The van der Waals surface area contributed by atoms with Crippen molar-refractivity contribution in [1.82, 2.24) is 10.6 Å². The van der Waals surface area contributed by atoms with Crippen molar-refractivity contribution in [1.29, 1.82) is 0 Å². The first-order valence-electron chi connectivity index (χ1n) is 4.59. The van der Waals surface area contributed by atoms with Crippen molar-refractivity contribution in [3.05, 3.63) is 35.6 Å². The number of benzene rings is 1. The maximum atomic E-state index is 12.6. The smallest absolute Gasteiger partial charge is 0.166 e. The summed E-state index contributed by atoms with van der Waals surface area (Å²) >= 11 is 4.94. The third-order valence-electron chi connectivity index (χ3n) is 1.76. The van der Waals surface area contributed by atoms with Crippen molar-refractivity contribution >= 4 is 17.3 Å². The number of aliphatic hydroxyl groups excluding tert-OH is 1. The summed E-state index contributed by atoms with van der Waals surface area (Å²) in [6.07, 6.45) is 0. The Bertz CT molecular complexity index is 316. The first kappa shape index (κ1) is 11.9. The normalized spacial score (nSPS) is 9.73. The lowest BCUT2D eigenvalue weighted by molar-refractivity contribution is 0.300. The summed E-state index contributed by atoms with van der Waals surface area (Å²) in [5, 5.41) is 14.8. The SMILES string of the molecule is OCCNC(=S)NCc1ccc(F)cc1. The van der Waals surface area contributed by atoms with E-state index in [4.69, 9.17) is 17.3 Å². The van der Waals surface area contributed by atoms with E-state index >= 15 is 0 Å². The Kier molecular flexibility index (Phi) is 5.00. The van der Waals surface area contributed by atoms with Crippen LogP contribution < -0.4 is 10.6 Å². The Balaban J connectivity index is 2.30. The van der Waals surface area contributed by atoms with E-state index in [9.17, 15) is 4.39 Å². The summed E-state index contributed by atoms with van der Waals surface area (Å²) in [6, 6.07) is 6.19. The lowest BCUT2D eigenvalue weighted by Gasteiger charge is -2.09. The minimum atomic E-state index is -0.250. The summed E-state index contributed by atoms with van der Waals surface area (Å²) < 4.78 is 12.6. The van der Waals surface area contributed by atoms with Gasteiger partial charge in [-0.2, -0.15) is 0 Å². The number of hydrogen-bond donors (Lipinski definition) is 3. The van der Waals surface area contributed by atoms with Crippen LogP contribution in [0, 0.1) is 5.82 Å². The largest absolute Gasteiger partial charge is 0.395 e. The van der Waals surface area contributed by atoms with Gasteiger partial charge in [-0.15, -0.1) is 0 Å². The van der Waals surface area contributed by atoms with Crippen molar-refractivity contribution in [2.75, 3.05) is 13.2 Å². The predicted octanol–water partition coefficient (Wildman–Crippen LogP) is 0.782. The van der Waals surface area contributed by atoms with Crippen molar-refractivity contribution in [3.63, 3.8) is 0 Å². The van der Waals surface area contributed by atoms with Crippen LogP contribution in [0.5, 0.6) is 0 Å². The second kappa shape index (κ2) is 6.31. The van der Waals surface area contributed by atoms with Crippen molar-refractivity contribution in [2.45, 2.75) is 6.54 Å². The lowest BCUT2D eigenvalue weighted by atomic mass is 10.2. The van der Waals surface area contributed by atoms with E-state index < -0.39 is 0 Å². The van der Waals surface area contributed by atoms with Crippen LogP contribution in [0.2, 0.25) is 0 Å². The van der Waals surface area contributed by atoms with E-state index in [0.29, 0.717) is 18.2 Å². The first-order valence-corrected chi connectivity index (χ1v) is 5.00. The van der Waals surface area contributed by atoms with Crippen LogP contribution in [0.3, 0.4) is 0 Å². The third kappa shape index (κ3) is 4.71. The van der Waals surface area contributed by atoms with E-state index in [2.05, 4.69) is 10.6 Å². The Morgan fingerprint density at radius 1 is 1.27 bits per heavy atom. The molecule has 0 heterocycles. The molecule has 1 rings (SSSR count). The highest BCUT2D eigenvalue weighted by Gasteiger charge is 1.96. The predicted molar refractivity (Wildman–Crippen MR) is 60.9 cm³/mol. The number of aliphatic hydroxyl groups is 1. The summed E-state index contributed by atoms with van der Waals surface area (Å²) in [5.74, 6) is -0.250. The molecule has 0 saturated heterocycles. The van der Waals surface area contributed by atoms with Gasteiger partial charge in [0.05, 0.1) is 6.61 Å². The summed E-state index contributed by atoms with van der Waals surface area (Å²) in [4.78, 5) is 0. The Hall–Kier alpha value is -1.20. The molecule has 5 heteroatoms. The van der Waals surface area contributed by atoms with Crippen LogP contribution >= 0.6 is 12.2 Å². The average Bonchev–Trinajstić information content (AvgIpc) is 2.25. The van der Waals surface area contributed by atoms with Crippen LogP contribution in [0.25, 0.3) is 0 Å². The van der Waals surface area contributed by atoms with Gasteiger partial charge in [-0.05, 0) is 29.9 Å². The molecule has 0 aliphatic carbocycles. The molecular weight excluding hydrogens is 215 g/mol. The third-order valence-corrected chi connectivity index (χ3v) is 2.05. The van der Waals surface area contributed by atoms with E-state index in [1.165, 1.54) is 12.1 Å². The molecule has 0 amide bonds. The highest BCUT2D eigenvalue weighted by molar-refractivity contribution is 7.80. The van der Waals surface area contributed by atoms with Crippen LogP contribution in [0.1, 0.15) is 5.56 Å². The van der Waals surface area contributed by atoms with Gasteiger partial charge in [0.25, 0.3) is 0 Å². The minimum Gasteiger partial charge on any atom is -0.395 e. The summed E-state index contributed by atoms with van der Waals surface area (Å²) in [6.45, 7) is 1.01. The number of thiocarbonyl (C=S) groups is 1. The maximum Gasteiger partial charge on any atom is 0.166 e. The van der Waals surface area contributed by atoms with Crippen LogP contribution in [-0.4, -0.2) is 23.4 Å². The van der Waals surface area contributed by atoms with E-state index in [1.807, 2.05) is 0 Å². The Morgan fingerprint density at radius 2 is 1.93 bits per heavy atom. The number of hydrogen-bond acceptors (Lipinski definition) is 2. The fourth-order valence-electron chi connectivity index (χ4n) is 1.02. The standard InChI is InChI=1S/C10H13FN2OS/c11-9-3-1-8(2-4-9)7-13-10(15)12-5-6-14/h1-4,14H,5-7H2,(H2,12,13,15). The molecule has 0 fully saturated rings. The molecule has 15 heavy (non-hydrogen) atoms. The molecule has 0 aromatic heterocycles. The van der Waals surface area contributed by atoms with Gasteiger partial charge < -0.3 is 15.7 Å². The fourth-order valence-corrected chi connectivity index (χ4v) is 1.19. The van der Waals surface area contributed by atoms with E-state index in [0.717, 1.165) is 5.56 Å². The number of halogens is 1. The Labute approximate surface area is 93.3 Å². The van der Waals surface area contributed by atoms with Crippen LogP contribution in [0.4, 0.5) is 4.39 Å². The van der Waals surface area contributed by atoms with Gasteiger partial charge in [0, 0.05) is 13.1 Å². The molecule has 82 valence electrons. The molecule has 0 bridgehead atoms. The molecule has 0 radical (unpaired) electrons. The molecular formula is C10H13FN2OS. The van der Waals surface area contributed by atoms with Gasteiger partial charge in [-0.25, -0.2) is 4.39 Å². The molecule has 0 unspecified atom stereocenters. The van der Waals surface area contributed by atoms with Gasteiger partial charge in [0.15, 0.2) is 5.11 Å². The quantitative estimate of drug-likeness (QED) is 0.666. The first-order chi connectivity index (χ1) is 7.22. The fraction of sp³-hybridized carbons (Fsp3) is 0.300. The van der Waals surface area contributed by atoms with Gasteiger partial charge in [-0.1, -0.05) is 12.1 Å². The summed E-state index contributed by atoms with van der Waals surface area (Å²) in [7, 11) is 0. The number of nitrogens with one attached hydrogen (secondary N) is 2. The van der Waals surface area contributed by atoms with Gasteiger partial charge in [-0.3, -0.25) is 0 Å². The molecule has 0 aliphatic heterocycles. The highest BCUT2D eigenvalue weighted by atomic mass is 32.1. The molecule has 0 saturated carbocycles. The summed E-state index contributed by atoms with van der Waals surface area (Å²) in [5.41, 5.74) is 0.949. The second-order valence-electron chi connectivity index (χ2n) is 2.96. The topological polar surface area (TPSA) is 44.3 Å². The number of rotatable bonds is 4. The second-order valence-corrected chi connectivity index (χ2v) is 3.37. The molecule has 3 nitrogen and oxygen atoms in total. The van der Waals surface area contributed by atoms with Crippen LogP contribution in [0.15, 0.2) is 24.3 Å². The van der Waals surface area contributed by atoms with Gasteiger partial charge in [0.2, 0.25) is 0 Å². The molecule has 3 N–H and O–H groups in total. The van der Waals surface area contributed by atoms with Crippen LogP contribution in [-0.2, 0) is 6.54 Å².